The van der Waals surface area contributed by atoms with E-state index in [2.05, 4.69) is 4.90 Å². The standard InChI is InChI=1S/C25H30FN3O3/c1-19-5-2-3-6-23(19)32-18-24(30)28-13-4-12-27(15-16-28)22-11-14-29(25(22)31)17-20-7-9-21(26)10-8-20/h2-3,5-10,22H,4,11-18H2,1H3/t22-/m1/s1. The van der Waals surface area contributed by atoms with Gasteiger partial charge in [-0.3, -0.25) is 14.5 Å². The minimum Gasteiger partial charge on any atom is -0.484 e. The summed E-state index contributed by atoms with van der Waals surface area (Å²) >= 11 is 0. The molecule has 2 heterocycles. The third-order valence-corrected chi connectivity index (χ3v) is 6.32. The first-order valence-electron chi connectivity index (χ1n) is 11.2. The average molecular weight is 440 g/mol. The lowest BCUT2D eigenvalue weighted by Crippen LogP contribution is -2.44. The molecule has 0 aromatic heterocycles. The summed E-state index contributed by atoms with van der Waals surface area (Å²) in [5.74, 6) is 0.560. The van der Waals surface area contributed by atoms with Crippen molar-refractivity contribution in [2.24, 2.45) is 0 Å². The molecule has 2 aromatic carbocycles. The topological polar surface area (TPSA) is 53.1 Å². The summed E-state index contributed by atoms with van der Waals surface area (Å²) in [6.45, 7) is 5.93. The van der Waals surface area contributed by atoms with Crippen molar-refractivity contribution in [3.63, 3.8) is 0 Å². The van der Waals surface area contributed by atoms with Gasteiger partial charge in [-0.2, -0.15) is 0 Å². The van der Waals surface area contributed by atoms with Crippen LogP contribution in [0.4, 0.5) is 4.39 Å². The maximum absolute atomic E-state index is 13.1. The fourth-order valence-corrected chi connectivity index (χ4v) is 4.48. The van der Waals surface area contributed by atoms with E-state index < -0.39 is 0 Å². The number of ether oxygens (including phenoxy) is 1. The average Bonchev–Trinajstić information content (AvgIpc) is 2.99. The molecule has 0 unspecified atom stereocenters. The second-order valence-electron chi connectivity index (χ2n) is 8.52. The van der Waals surface area contributed by atoms with Crippen LogP contribution in [0, 0.1) is 12.7 Å². The van der Waals surface area contributed by atoms with E-state index >= 15 is 0 Å². The van der Waals surface area contributed by atoms with E-state index in [9.17, 15) is 14.0 Å². The number of amides is 2. The number of benzene rings is 2. The van der Waals surface area contributed by atoms with Gasteiger partial charge in [0.1, 0.15) is 11.6 Å². The van der Waals surface area contributed by atoms with Gasteiger partial charge in [-0.15, -0.1) is 0 Å². The first-order valence-corrected chi connectivity index (χ1v) is 11.2. The summed E-state index contributed by atoms with van der Waals surface area (Å²) in [4.78, 5) is 31.6. The van der Waals surface area contributed by atoms with Gasteiger partial charge in [0.15, 0.2) is 6.61 Å². The third kappa shape index (κ3) is 5.27. The van der Waals surface area contributed by atoms with Gasteiger partial charge >= 0.3 is 0 Å². The highest BCUT2D eigenvalue weighted by molar-refractivity contribution is 5.84. The summed E-state index contributed by atoms with van der Waals surface area (Å²) in [6, 6.07) is 13.8. The molecule has 2 fully saturated rings. The molecule has 7 heteroatoms. The van der Waals surface area contributed by atoms with E-state index in [1.807, 2.05) is 41.0 Å². The van der Waals surface area contributed by atoms with Crippen LogP contribution >= 0.6 is 0 Å². The number of carbonyl (C=O) groups excluding carboxylic acids is 2. The van der Waals surface area contributed by atoms with Crippen molar-refractivity contribution in [2.75, 3.05) is 39.3 Å². The Bertz CT molecular complexity index is 950. The molecule has 2 aliphatic heterocycles. The smallest absolute Gasteiger partial charge is 0.260 e. The molecular formula is C25H30FN3O3. The number of hydrogen-bond donors (Lipinski definition) is 0. The first-order chi connectivity index (χ1) is 15.5. The minimum absolute atomic E-state index is 0.0224. The second kappa shape index (κ2) is 10.1. The van der Waals surface area contributed by atoms with Gasteiger partial charge in [0.05, 0.1) is 6.04 Å². The van der Waals surface area contributed by atoms with Gasteiger partial charge in [-0.05, 0) is 49.1 Å². The molecular weight excluding hydrogens is 409 g/mol. The number of halogens is 1. The Morgan fingerprint density at radius 3 is 2.59 bits per heavy atom. The predicted octanol–water partition coefficient (Wildman–Crippen LogP) is 2.85. The van der Waals surface area contributed by atoms with Crippen molar-refractivity contribution in [3.8, 4) is 5.75 Å². The van der Waals surface area contributed by atoms with E-state index in [1.54, 1.807) is 12.1 Å². The van der Waals surface area contributed by atoms with Crippen molar-refractivity contribution >= 4 is 11.8 Å². The van der Waals surface area contributed by atoms with E-state index in [0.29, 0.717) is 32.7 Å². The van der Waals surface area contributed by atoms with Crippen LogP contribution in [-0.2, 0) is 16.1 Å². The summed E-state index contributed by atoms with van der Waals surface area (Å²) in [5, 5.41) is 0. The molecule has 2 aliphatic rings. The lowest BCUT2D eigenvalue weighted by Gasteiger charge is -2.26. The molecule has 2 amide bonds. The van der Waals surface area contributed by atoms with Crippen LogP contribution in [0.2, 0.25) is 0 Å². The van der Waals surface area contributed by atoms with Crippen molar-refractivity contribution in [3.05, 3.63) is 65.5 Å². The zero-order valence-corrected chi connectivity index (χ0v) is 18.5. The van der Waals surface area contributed by atoms with E-state index in [-0.39, 0.29) is 30.3 Å². The molecule has 1 atom stereocenters. The zero-order valence-electron chi connectivity index (χ0n) is 18.5. The van der Waals surface area contributed by atoms with Gasteiger partial charge in [-0.25, -0.2) is 4.39 Å². The number of carbonyl (C=O) groups is 2. The lowest BCUT2D eigenvalue weighted by atomic mass is 10.2. The lowest BCUT2D eigenvalue weighted by molar-refractivity contribution is -0.133. The molecule has 170 valence electrons. The highest BCUT2D eigenvalue weighted by Crippen LogP contribution is 2.22. The van der Waals surface area contributed by atoms with Crippen molar-refractivity contribution in [1.82, 2.24) is 14.7 Å². The number of likely N-dealkylation sites (tertiary alicyclic amines) is 1. The maximum atomic E-state index is 13.1. The Morgan fingerprint density at radius 1 is 1.03 bits per heavy atom. The Labute approximate surface area is 188 Å². The van der Waals surface area contributed by atoms with Gasteiger partial charge in [-0.1, -0.05) is 30.3 Å². The molecule has 2 saturated heterocycles. The molecule has 4 rings (SSSR count). The van der Waals surface area contributed by atoms with Crippen molar-refractivity contribution < 1.29 is 18.7 Å². The van der Waals surface area contributed by atoms with Gasteiger partial charge < -0.3 is 14.5 Å². The van der Waals surface area contributed by atoms with Gasteiger partial charge in [0, 0.05) is 39.3 Å². The van der Waals surface area contributed by atoms with E-state index in [1.165, 1.54) is 12.1 Å². The molecule has 0 N–H and O–H groups in total. The molecule has 6 nitrogen and oxygen atoms in total. The van der Waals surface area contributed by atoms with Crippen LogP contribution in [0.15, 0.2) is 48.5 Å². The fourth-order valence-electron chi connectivity index (χ4n) is 4.48. The highest BCUT2D eigenvalue weighted by atomic mass is 19.1. The van der Waals surface area contributed by atoms with Gasteiger partial charge in [0.25, 0.3) is 5.91 Å². The van der Waals surface area contributed by atoms with E-state index in [0.717, 1.165) is 36.3 Å². The zero-order chi connectivity index (χ0) is 22.5. The summed E-state index contributed by atoms with van der Waals surface area (Å²) in [5.41, 5.74) is 1.94. The van der Waals surface area contributed by atoms with Crippen molar-refractivity contribution in [2.45, 2.75) is 32.4 Å². The van der Waals surface area contributed by atoms with Crippen molar-refractivity contribution in [1.29, 1.82) is 0 Å². The monoisotopic (exact) mass is 439 g/mol. The Morgan fingerprint density at radius 2 is 1.81 bits per heavy atom. The van der Waals surface area contributed by atoms with Crippen LogP contribution in [0.25, 0.3) is 0 Å². The van der Waals surface area contributed by atoms with Crippen LogP contribution in [0.5, 0.6) is 5.75 Å². The highest BCUT2D eigenvalue weighted by Gasteiger charge is 2.36. The summed E-state index contributed by atoms with van der Waals surface area (Å²) in [6.07, 6.45) is 1.61. The SMILES string of the molecule is Cc1ccccc1OCC(=O)N1CCCN([C@@H]2CCN(Cc3ccc(F)cc3)C2=O)CC1. The molecule has 32 heavy (non-hydrogen) atoms. The number of rotatable bonds is 6. The molecule has 0 spiro atoms. The Hall–Kier alpha value is -2.93. The quantitative estimate of drug-likeness (QED) is 0.695. The molecule has 0 saturated carbocycles. The molecule has 0 aliphatic carbocycles. The largest absolute Gasteiger partial charge is 0.484 e. The van der Waals surface area contributed by atoms with Crippen LogP contribution in [0.3, 0.4) is 0 Å². The summed E-state index contributed by atoms with van der Waals surface area (Å²) < 4.78 is 18.9. The van der Waals surface area contributed by atoms with Crippen LogP contribution in [0.1, 0.15) is 24.0 Å². The molecule has 0 radical (unpaired) electrons. The van der Waals surface area contributed by atoms with Crippen LogP contribution in [-0.4, -0.2) is 71.9 Å². The minimum atomic E-state index is -0.271. The Balaban J connectivity index is 1.28. The van der Waals surface area contributed by atoms with E-state index in [4.69, 9.17) is 4.74 Å². The van der Waals surface area contributed by atoms with Gasteiger partial charge in [0.2, 0.25) is 5.91 Å². The Kier molecular flexibility index (Phi) is 7.05. The third-order valence-electron chi connectivity index (χ3n) is 6.32. The number of nitrogens with zero attached hydrogens (tertiary/aromatic N) is 3. The summed E-state index contributed by atoms with van der Waals surface area (Å²) in [7, 11) is 0. The first kappa shape index (κ1) is 22.3. The predicted molar refractivity (Wildman–Crippen MR) is 120 cm³/mol. The number of aryl methyl sites for hydroxylation is 1. The van der Waals surface area contributed by atoms with Crippen LogP contribution < -0.4 is 4.74 Å². The molecule has 2 aromatic rings. The molecule has 0 bridgehead atoms. The maximum Gasteiger partial charge on any atom is 0.260 e. The number of para-hydroxylation sites is 1. The fraction of sp³-hybridized carbons (Fsp3) is 0.440. The number of hydrogen-bond acceptors (Lipinski definition) is 4. The second-order valence-corrected chi connectivity index (χ2v) is 8.52. The normalized spacial score (nSPS) is 19.8.